The molecule has 2 rings (SSSR count). The Kier molecular flexibility index (Phi) is 5.95. The monoisotopic (exact) mass is 362 g/mol. The van der Waals surface area contributed by atoms with Gasteiger partial charge in [0.1, 0.15) is 0 Å². The largest absolute Gasteiger partial charge is 0.355 e. The van der Waals surface area contributed by atoms with Gasteiger partial charge >= 0.3 is 0 Å². The van der Waals surface area contributed by atoms with Crippen molar-refractivity contribution < 1.29 is 9.59 Å². The minimum atomic E-state index is -0.198. The number of nitrogens with one attached hydrogen (secondary N) is 2. The molecule has 0 aliphatic heterocycles. The van der Waals surface area contributed by atoms with Gasteiger partial charge in [-0.05, 0) is 29.3 Å². The number of amides is 2. The van der Waals surface area contributed by atoms with E-state index in [0.29, 0.717) is 6.54 Å². The second-order valence-electron chi connectivity index (χ2n) is 5.03. The Hall–Kier alpha value is -1.88. The molecule has 0 aromatic heterocycles. The van der Waals surface area contributed by atoms with E-state index in [0.717, 1.165) is 22.9 Å². The van der Waals surface area contributed by atoms with Crippen molar-refractivity contribution >= 4 is 44.2 Å². The molecule has 0 aliphatic carbocycles. The third kappa shape index (κ3) is 4.56. The molecule has 0 unspecified atom stereocenters. The van der Waals surface area contributed by atoms with Gasteiger partial charge in [0.05, 0.1) is 4.83 Å². The predicted octanol–water partition coefficient (Wildman–Crippen LogP) is 3.46. The molecule has 2 aromatic rings. The van der Waals surface area contributed by atoms with Gasteiger partial charge in [0.25, 0.3) is 0 Å². The zero-order valence-electron chi connectivity index (χ0n) is 12.4. The van der Waals surface area contributed by atoms with E-state index in [1.807, 2.05) is 49.4 Å². The molecule has 0 saturated heterocycles. The van der Waals surface area contributed by atoms with Gasteiger partial charge in [0.2, 0.25) is 11.8 Å². The van der Waals surface area contributed by atoms with E-state index in [9.17, 15) is 9.59 Å². The number of rotatable bonds is 6. The average molecular weight is 363 g/mol. The van der Waals surface area contributed by atoms with Crippen molar-refractivity contribution in [2.45, 2.75) is 24.6 Å². The number of fused-ring (bicyclic) bond motifs is 1. The fourth-order valence-corrected chi connectivity index (χ4v) is 2.25. The first kappa shape index (κ1) is 16.5. The van der Waals surface area contributed by atoms with Crippen LogP contribution in [0.5, 0.6) is 0 Å². The molecule has 0 saturated carbocycles. The van der Waals surface area contributed by atoms with E-state index >= 15 is 0 Å². The van der Waals surface area contributed by atoms with Crippen LogP contribution in [0.2, 0.25) is 0 Å². The van der Waals surface area contributed by atoms with E-state index in [4.69, 9.17) is 0 Å². The van der Waals surface area contributed by atoms with Crippen LogP contribution in [0, 0.1) is 0 Å². The van der Waals surface area contributed by atoms with E-state index in [1.54, 1.807) is 0 Å². The first-order valence-corrected chi connectivity index (χ1v) is 8.22. The summed E-state index contributed by atoms with van der Waals surface area (Å²) in [6.45, 7) is 2.26. The zero-order chi connectivity index (χ0) is 15.9. The molecular formula is C17H19BrN2O2. The Morgan fingerprint density at radius 2 is 1.86 bits per heavy atom. The van der Waals surface area contributed by atoms with Crippen molar-refractivity contribution in [3.8, 4) is 0 Å². The van der Waals surface area contributed by atoms with Gasteiger partial charge < -0.3 is 10.6 Å². The molecule has 1 atom stereocenters. The number of anilines is 1. The molecule has 0 fully saturated rings. The predicted molar refractivity (Wildman–Crippen MR) is 93.2 cm³/mol. The summed E-state index contributed by atoms with van der Waals surface area (Å²) < 4.78 is 0. The maximum atomic E-state index is 11.9. The maximum absolute atomic E-state index is 11.9. The molecule has 0 spiro atoms. The lowest BCUT2D eigenvalue weighted by Crippen LogP contribution is -2.33. The summed E-state index contributed by atoms with van der Waals surface area (Å²) in [5, 5.41) is 7.80. The first-order chi connectivity index (χ1) is 10.6. The lowest BCUT2D eigenvalue weighted by Gasteiger charge is -2.09. The number of carbonyl (C=O) groups is 2. The van der Waals surface area contributed by atoms with Crippen molar-refractivity contribution in [2.75, 3.05) is 11.9 Å². The summed E-state index contributed by atoms with van der Waals surface area (Å²) in [7, 11) is 0. The van der Waals surface area contributed by atoms with Crippen LogP contribution in [0.3, 0.4) is 0 Å². The first-order valence-electron chi connectivity index (χ1n) is 7.30. The third-order valence-electron chi connectivity index (χ3n) is 3.33. The number of halogens is 1. The van der Waals surface area contributed by atoms with E-state index in [2.05, 4.69) is 26.6 Å². The number of hydrogen-bond donors (Lipinski definition) is 2. The van der Waals surface area contributed by atoms with Gasteiger partial charge in [-0.1, -0.05) is 53.2 Å². The highest BCUT2D eigenvalue weighted by Gasteiger charge is 2.12. The molecule has 0 bridgehead atoms. The van der Waals surface area contributed by atoms with E-state index in [1.165, 1.54) is 0 Å². The summed E-state index contributed by atoms with van der Waals surface area (Å²) in [4.78, 5) is 23.3. The third-order valence-corrected chi connectivity index (χ3v) is 4.39. The SMILES string of the molecule is CC[C@H](Br)C(=O)NCCC(=O)Nc1ccc2ccccc2c1. The topological polar surface area (TPSA) is 58.2 Å². The number of carbonyl (C=O) groups excluding carboxylic acids is 2. The molecule has 4 nitrogen and oxygen atoms in total. The van der Waals surface area contributed by atoms with Crippen molar-refractivity contribution in [3.63, 3.8) is 0 Å². The van der Waals surface area contributed by atoms with Crippen LogP contribution in [0.4, 0.5) is 5.69 Å². The van der Waals surface area contributed by atoms with Gasteiger partial charge in [0, 0.05) is 18.7 Å². The van der Waals surface area contributed by atoms with Crippen LogP contribution in [0.15, 0.2) is 42.5 Å². The number of hydrogen-bond acceptors (Lipinski definition) is 2. The highest BCUT2D eigenvalue weighted by Crippen LogP contribution is 2.18. The molecule has 116 valence electrons. The summed E-state index contributed by atoms with van der Waals surface area (Å²) >= 11 is 3.27. The average Bonchev–Trinajstić information content (AvgIpc) is 2.53. The van der Waals surface area contributed by atoms with Gasteiger partial charge in [-0.3, -0.25) is 9.59 Å². The van der Waals surface area contributed by atoms with Gasteiger partial charge in [-0.25, -0.2) is 0 Å². The standard InChI is InChI=1S/C17H19BrN2O2/c1-2-15(18)17(22)19-10-9-16(21)20-14-8-7-12-5-3-4-6-13(12)11-14/h3-8,11,15H,2,9-10H2,1H3,(H,19,22)(H,20,21)/t15-/m0/s1. The van der Waals surface area contributed by atoms with Crippen molar-refractivity contribution in [2.24, 2.45) is 0 Å². The van der Waals surface area contributed by atoms with Crippen LogP contribution >= 0.6 is 15.9 Å². The Bertz CT molecular complexity index is 673. The van der Waals surface area contributed by atoms with Crippen LogP contribution in [-0.4, -0.2) is 23.2 Å². The highest BCUT2D eigenvalue weighted by atomic mass is 79.9. The summed E-state index contributed by atoms with van der Waals surface area (Å²) in [6, 6.07) is 13.8. The fourth-order valence-electron chi connectivity index (χ4n) is 2.09. The van der Waals surface area contributed by atoms with Gasteiger partial charge in [-0.2, -0.15) is 0 Å². The quantitative estimate of drug-likeness (QED) is 0.773. The summed E-state index contributed by atoms with van der Waals surface area (Å²) in [5.41, 5.74) is 0.766. The number of alkyl halides is 1. The lowest BCUT2D eigenvalue weighted by atomic mass is 10.1. The van der Waals surface area contributed by atoms with Gasteiger partial charge in [-0.15, -0.1) is 0 Å². The van der Waals surface area contributed by atoms with E-state index < -0.39 is 0 Å². The highest BCUT2D eigenvalue weighted by molar-refractivity contribution is 9.10. The molecule has 0 aliphatic rings. The summed E-state index contributed by atoms with van der Waals surface area (Å²) in [6.07, 6.45) is 0.969. The second kappa shape index (κ2) is 7.94. The maximum Gasteiger partial charge on any atom is 0.233 e. The Morgan fingerprint density at radius 3 is 2.59 bits per heavy atom. The molecule has 5 heteroatoms. The second-order valence-corrected chi connectivity index (χ2v) is 6.13. The molecule has 0 heterocycles. The van der Waals surface area contributed by atoms with Crippen LogP contribution < -0.4 is 10.6 Å². The fraction of sp³-hybridized carbons (Fsp3) is 0.294. The normalized spacial score (nSPS) is 11.9. The smallest absolute Gasteiger partial charge is 0.233 e. The molecule has 2 aromatic carbocycles. The number of benzene rings is 2. The molecule has 0 radical (unpaired) electrons. The Labute approximate surface area is 138 Å². The minimum Gasteiger partial charge on any atom is -0.355 e. The lowest BCUT2D eigenvalue weighted by molar-refractivity contribution is -0.120. The van der Waals surface area contributed by atoms with Crippen molar-refractivity contribution in [1.82, 2.24) is 5.32 Å². The molecule has 2 amide bonds. The molecule has 2 N–H and O–H groups in total. The molecule has 22 heavy (non-hydrogen) atoms. The molecular weight excluding hydrogens is 344 g/mol. The van der Waals surface area contributed by atoms with Crippen molar-refractivity contribution in [1.29, 1.82) is 0 Å². The minimum absolute atomic E-state index is 0.0824. The van der Waals surface area contributed by atoms with Gasteiger partial charge in [0.15, 0.2) is 0 Å². The Morgan fingerprint density at radius 1 is 1.14 bits per heavy atom. The van der Waals surface area contributed by atoms with Crippen LogP contribution in [0.1, 0.15) is 19.8 Å². The van der Waals surface area contributed by atoms with Crippen LogP contribution in [0.25, 0.3) is 10.8 Å². The Balaban J connectivity index is 1.84. The van der Waals surface area contributed by atoms with E-state index in [-0.39, 0.29) is 23.1 Å². The summed E-state index contributed by atoms with van der Waals surface area (Å²) in [5.74, 6) is -0.195. The van der Waals surface area contributed by atoms with Crippen molar-refractivity contribution in [3.05, 3.63) is 42.5 Å². The zero-order valence-corrected chi connectivity index (χ0v) is 14.0. The van der Waals surface area contributed by atoms with Crippen LogP contribution in [-0.2, 0) is 9.59 Å².